The molecule has 1 unspecified atom stereocenters. The van der Waals surface area contributed by atoms with Crippen LogP contribution in [0.5, 0.6) is 5.75 Å². The predicted octanol–water partition coefficient (Wildman–Crippen LogP) is 1.74. The Labute approximate surface area is 107 Å². The molecular formula is C14H19NO3. The second-order valence-corrected chi connectivity index (χ2v) is 4.57. The minimum absolute atomic E-state index is 0.00847. The second kappa shape index (κ2) is 5.87. The SMILES string of the molecule is COc1ccc(N(C)CC2COCCC2=O)cc1. The zero-order chi connectivity index (χ0) is 13.0. The van der Waals surface area contributed by atoms with E-state index in [1.54, 1.807) is 7.11 Å². The highest BCUT2D eigenvalue weighted by Crippen LogP contribution is 2.20. The third-order valence-electron chi connectivity index (χ3n) is 3.27. The third-order valence-corrected chi connectivity index (χ3v) is 3.27. The normalized spacial score (nSPS) is 19.7. The number of nitrogens with zero attached hydrogens (tertiary/aromatic N) is 1. The monoisotopic (exact) mass is 249 g/mol. The molecule has 0 radical (unpaired) electrons. The summed E-state index contributed by atoms with van der Waals surface area (Å²) in [6.07, 6.45) is 0.543. The minimum Gasteiger partial charge on any atom is -0.497 e. The second-order valence-electron chi connectivity index (χ2n) is 4.57. The fraction of sp³-hybridized carbons (Fsp3) is 0.500. The molecule has 1 aliphatic heterocycles. The number of methoxy groups -OCH3 is 1. The van der Waals surface area contributed by atoms with Gasteiger partial charge in [-0.1, -0.05) is 0 Å². The van der Waals surface area contributed by atoms with Crippen molar-refractivity contribution in [1.29, 1.82) is 0 Å². The number of Topliss-reactive ketones (excluding diaryl/α,β-unsaturated/α-hetero) is 1. The maximum atomic E-state index is 11.7. The molecule has 4 heteroatoms. The average Bonchev–Trinajstić information content (AvgIpc) is 2.41. The van der Waals surface area contributed by atoms with E-state index in [1.165, 1.54) is 0 Å². The van der Waals surface area contributed by atoms with Crippen LogP contribution in [-0.4, -0.2) is 39.7 Å². The van der Waals surface area contributed by atoms with Crippen LogP contribution in [0.2, 0.25) is 0 Å². The quantitative estimate of drug-likeness (QED) is 0.814. The first-order chi connectivity index (χ1) is 8.70. The maximum absolute atomic E-state index is 11.7. The first kappa shape index (κ1) is 12.9. The van der Waals surface area contributed by atoms with E-state index in [9.17, 15) is 4.79 Å². The van der Waals surface area contributed by atoms with Crippen molar-refractivity contribution in [3.63, 3.8) is 0 Å². The molecule has 0 aliphatic carbocycles. The van der Waals surface area contributed by atoms with E-state index in [4.69, 9.17) is 9.47 Å². The molecule has 98 valence electrons. The summed E-state index contributed by atoms with van der Waals surface area (Å²) in [5.41, 5.74) is 1.08. The predicted molar refractivity (Wildman–Crippen MR) is 70.2 cm³/mol. The van der Waals surface area contributed by atoms with Gasteiger partial charge >= 0.3 is 0 Å². The zero-order valence-corrected chi connectivity index (χ0v) is 10.9. The lowest BCUT2D eigenvalue weighted by molar-refractivity contribution is -0.129. The van der Waals surface area contributed by atoms with E-state index >= 15 is 0 Å². The van der Waals surface area contributed by atoms with Gasteiger partial charge in [0.15, 0.2) is 0 Å². The summed E-state index contributed by atoms with van der Waals surface area (Å²) in [7, 11) is 3.64. The number of ether oxygens (including phenoxy) is 2. The topological polar surface area (TPSA) is 38.8 Å². The van der Waals surface area contributed by atoms with Crippen LogP contribution in [0.4, 0.5) is 5.69 Å². The molecule has 1 saturated heterocycles. The summed E-state index contributed by atoms with van der Waals surface area (Å²) in [4.78, 5) is 13.8. The largest absolute Gasteiger partial charge is 0.497 e. The summed E-state index contributed by atoms with van der Waals surface area (Å²) >= 11 is 0. The number of carbonyl (C=O) groups excluding carboxylic acids is 1. The Balaban J connectivity index is 1.97. The van der Waals surface area contributed by atoms with Crippen LogP contribution >= 0.6 is 0 Å². The molecule has 4 nitrogen and oxygen atoms in total. The Hall–Kier alpha value is -1.55. The molecule has 2 rings (SSSR count). The molecule has 0 amide bonds. The number of rotatable bonds is 4. The lowest BCUT2D eigenvalue weighted by Crippen LogP contribution is -2.36. The van der Waals surface area contributed by atoms with Crippen LogP contribution in [0.25, 0.3) is 0 Å². The molecule has 0 N–H and O–H groups in total. The van der Waals surface area contributed by atoms with Crippen LogP contribution in [0.3, 0.4) is 0 Å². The number of anilines is 1. The molecule has 0 spiro atoms. The Morgan fingerprint density at radius 3 is 2.72 bits per heavy atom. The number of hydrogen-bond donors (Lipinski definition) is 0. The van der Waals surface area contributed by atoms with Crippen molar-refractivity contribution in [2.75, 3.05) is 38.8 Å². The number of hydrogen-bond acceptors (Lipinski definition) is 4. The van der Waals surface area contributed by atoms with Crippen molar-refractivity contribution in [1.82, 2.24) is 0 Å². The number of benzene rings is 1. The van der Waals surface area contributed by atoms with Crippen molar-refractivity contribution in [3.05, 3.63) is 24.3 Å². The molecule has 1 atom stereocenters. The van der Waals surface area contributed by atoms with Gasteiger partial charge in [-0.15, -0.1) is 0 Å². The van der Waals surface area contributed by atoms with Gasteiger partial charge in [-0.25, -0.2) is 0 Å². The molecular weight excluding hydrogens is 230 g/mol. The average molecular weight is 249 g/mol. The Kier molecular flexibility index (Phi) is 4.20. The standard InChI is InChI=1S/C14H19NO3/c1-15(9-11-10-18-8-7-14(11)16)12-3-5-13(17-2)6-4-12/h3-6,11H,7-10H2,1-2H3. The highest BCUT2D eigenvalue weighted by atomic mass is 16.5. The molecule has 1 aromatic carbocycles. The maximum Gasteiger partial charge on any atom is 0.142 e. The molecule has 0 bridgehead atoms. The van der Waals surface area contributed by atoms with E-state index in [0.29, 0.717) is 32.0 Å². The number of ketones is 1. The zero-order valence-electron chi connectivity index (χ0n) is 10.9. The van der Waals surface area contributed by atoms with Crippen LogP contribution in [0.1, 0.15) is 6.42 Å². The first-order valence-electron chi connectivity index (χ1n) is 6.16. The van der Waals surface area contributed by atoms with Gasteiger partial charge in [-0.2, -0.15) is 0 Å². The lowest BCUT2D eigenvalue weighted by Gasteiger charge is -2.27. The van der Waals surface area contributed by atoms with Crippen molar-refractivity contribution in [3.8, 4) is 5.75 Å². The van der Waals surface area contributed by atoms with Gasteiger partial charge in [-0.3, -0.25) is 4.79 Å². The smallest absolute Gasteiger partial charge is 0.142 e. The van der Waals surface area contributed by atoms with Crippen LogP contribution in [0, 0.1) is 5.92 Å². The van der Waals surface area contributed by atoms with E-state index in [2.05, 4.69) is 4.90 Å². The van der Waals surface area contributed by atoms with Crippen molar-refractivity contribution in [2.45, 2.75) is 6.42 Å². The van der Waals surface area contributed by atoms with Gasteiger partial charge < -0.3 is 14.4 Å². The fourth-order valence-corrected chi connectivity index (χ4v) is 2.12. The molecule has 0 aromatic heterocycles. The van der Waals surface area contributed by atoms with Crippen LogP contribution in [-0.2, 0) is 9.53 Å². The summed E-state index contributed by atoms with van der Waals surface area (Å²) in [5.74, 6) is 1.14. The fourth-order valence-electron chi connectivity index (χ4n) is 2.12. The lowest BCUT2D eigenvalue weighted by atomic mass is 10.00. The minimum atomic E-state index is -0.00847. The van der Waals surface area contributed by atoms with Crippen LogP contribution < -0.4 is 9.64 Å². The Bertz CT molecular complexity index is 402. The van der Waals surface area contributed by atoms with Gasteiger partial charge in [0.1, 0.15) is 11.5 Å². The number of carbonyl (C=O) groups is 1. The molecule has 1 aliphatic rings. The van der Waals surface area contributed by atoms with Crippen molar-refractivity contribution in [2.24, 2.45) is 5.92 Å². The molecule has 18 heavy (non-hydrogen) atoms. The summed E-state index contributed by atoms with van der Waals surface area (Å²) in [5, 5.41) is 0. The summed E-state index contributed by atoms with van der Waals surface area (Å²) < 4.78 is 10.5. The van der Waals surface area contributed by atoms with Gasteiger partial charge in [-0.05, 0) is 24.3 Å². The highest BCUT2D eigenvalue weighted by Gasteiger charge is 2.24. The molecule has 0 saturated carbocycles. The summed E-state index contributed by atoms with van der Waals surface area (Å²) in [6.45, 7) is 1.81. The van der Waals surface area contributed by atoms with E-state index in [1.807, 2.05) is 31.3 Å². The van der Waals surface area contributed by atoms with Crippen LogP contribution in [0.15, 0.2) is 24.3 Å². The molecule has 1 aromatic rings. The van der Waals surface area contributed by atoms with Gasteiger partial charge in [0.25, 0.3) is 0 Å². The molecule has 1 heterocycles. The highest BCUT2D eigenvalue weighted by molar-refractivity contribution is 5.82. The van der Waals surface area contributed by atoms with Gasteiger partial charge in [0.05, 0.1) is 26.2 Å². The third kappa shape index (κ3) is 3.01. The van der Waals surface area contributed by atoms with E-state index in [0.717, 1.165) is 11.4 Å². The van der Waals surface area contributed by atoms with Gasteiger partial charge in [0, 0.05) is 25.7 Å². The Morgan fingerprint density at radius 2 is 2.11 bits per heavy atom. The van der Waals surface area contributed by atoms with E-state index in [-0.39, 0.29) is 5.92 Å². The molecule has 1 fully saturated rings. The van der Waals surface area contributed by atoms with E-state index < -0.39 is 0 Å². The summed E-state index contributed by atoms with van der Waals surface area (Å²) in [6, 6.07) is 7.83. The first-order valence-corrected chi connectivity index (χ1v) is 6.16. The van der Waals surface area contributed by atoms with Gasteiger partial charge in [0.2, 0.25) is 0 Å². The van der Waals surface area contributed by atoms with Crippen molar-refractivity contribution >= 4 is 11.5 Å². The Morgan fingerprint density at radius 1 is 1.39 bits per heavy atom. The van der Waals surface area contributed by atoms with Crippen molar-refractivity contribution < 1.29 is 14.3 Å².